The van der Waals surface area contributed by atoms with Crippen LogP contribution in [0.2, 0.25) is 0 Å². The van der Waals surface area contributed by atoms with Gasteiger partial charge in [0, 0.05) is 0 Å². The second-order valence-corrected chi connectivity index (χ2v) is 1.76. The Morgan fingerprint density at radius 3 is 1.75 bits per heavy atom. The van der Waals surface area contributed by atoms with Crippen LogP contribution in [0.25, 0.3) is 0 Å². The Morgan fingerprint density at radius 2 is 1.42 bits per heavy atom. The zero-order valence-corrected chi connectivity index (χ0v) is 5.31. The van der Waals surface area contributed by atoms with Gasteiger partial charge in [-0.3, -0.25) is 0 Å². The lowest BCUT2D eigenvalue weighted by atomic mass is 10.4. The predicted molar refractivity (Wildman–Crippen MR) is 29.5 cm³/mol. The molecule has 0 aliphatic rings. The van der Waals surface area contributed by atoms with Crippen molar-refractivity contribution in [2.45, 2.75) is 0 Å². The Hall–Kier alpha value is -1.53. The second kappa shape index (κ2) is 2.84. The highest BCUT2D eigenvalue weighted by Gasteiger charge is 2.21. The highest BCUT2D eigenvalue weighted by Crippen LogP contribution is 2.23. The quantitative estimate of drug-likeness (QED) is 0.377. The van der Waals surface area contributed by atoms with Crippen molar-refractivity contribution in [3.8, 4) is 0 Å². The Labute approximate surface area is 63.0 Å². The maximum atomic E-state index is 12.3. The lowest BCUT2D eigenvalue weighted by Gasteiger charge is -1.96. The normalized spacial score (nSPS) is 10.0. The van der Waals surface area contributed by atoms with E-state index in [1.807, 2.05) is 0 Å². The highest BCUT2D eigenvalue weighted by molar-refractivity contribution is 5.38. The van der Waals surface area contributed by atoms with Gasteiger partial charge < -0.3 is 0 Å². The number of aromatic nitrogens is 1. The van der Waals surface area contributed by atoms with Crippen molar-refractivity contribution in [3.05, 3.63) is 28.4 Å². The Kier molecular flexibility index (Phi) is 2.03. The van der Waals surface area contributed by atoms with Gasteiger partial charge in [0.1, 0.15) is 0 Å². The van der Waals surface area contributed by atoms with Crippen LogP contribution in [0.4, 0.5) is 23.2 Å². The van der Waals surface area contributed by atoms with E-state index in [9.17, 15) is 22.5 Å². The van der Waals surface area contributed by atoms with E-state index >= 15 is 0 Å². The van der Waals surface area contributed by atoms with Gasteiger partial charge in [-0.05, 0) is 5.18 Å². The third-order valence-electron chi connectivity index (χ3n) is 1.07. The van der Waals surface area contributed by atoms with Crippen LogP contribution in [-0.4, -0.2) is 4.98 Å². The van der Waals surface area contributed by atoms with E-state index in [0.717, 1.165) is 0 Å². The highest BCUT2D eigenvalue weighted by atomic mass is 19.2. The smallest absolute Gasteiger partial charge is 0.199 e. The average Bonchev–Trinajstić information content (AvgIpc) is 2.02. The maximum absolute atomic E-state index is 12.3. The summed E-state index contributed by atoms with van der Waals surface area (Å²) in [5, 5.41) is 1.77. The van der Waals surface area contributed by atoms with Crippen molar-refractivity contribution >= 4 is 5.69 Å². The van der Waals surface area contributed by atoms with Crippen molar-refractivity contribution in [2.75, 3.05) is 0 Å². The second-order valence-electron chi connectivity index (χ2n) is 1.76. The molecule has 1 heterocycles. The molecule has 3 nitrogen and oxygen atoms in total. The molecule has 0 fully saturated rings. The molecule has 1 rings (SSSR count). The number of pyridine rings is 1. The van der Waals surface area contributed by atoms with Crippen molar-refractivity contribution in [3.63, 3.8) is 0 Å². The zero-order valence-electron chi connectivity index (χ0n) is 5.31. The van der Waals surface area contributed by atoms with Crippen molar-refractivity contribution in [2.24, 2.45) is 5.18 Å². The van der Waals surface area contributed by atoms with Crippen molar-refractivity contribution in [1.82, 2.24) is 4.98 Å². The Balaban J connectivity index is 3.52. The van der Waals surface area contributed by atoms with Crippen molar-refractivity contribution in [1.29, 1.82) is 0 Å². The van der Waals surface area contributed by atoms with Crippen LogP contribution in [0.5, 0.6) is 0 Å². The first kappa shape index (κ1) is 8.57. The molecule has 0 N–H and O–H groups in total. The van der Waals surface area contributed by atoms with Crippen LogP contribution in [0.15, 0.2) is 5.18 Å². The number of nitrogens with zero attached hydrogens (tertiary/aromatic N) is 2. The minimum absolute atomic E-state index is 1.54. The molecule has 0 aromatic carbocycles. The summed E-state index contributed by atoms with van der Waals surface area (Å²) >= 11 is 0. The molecule has 1 aromatic rings. The monoisotopic (exact) mass is 180 g/mol. The molecule has 7 heteroatoms. The van der Waals surface area contributed by atoms with Crippen LogP contribution >= 0.6 is 0 Å². The average molecular weight is 180 g/mol. The van der Waals surface area contributed by atoms with E-state index in [1.165, 1.54) is 0 Å². The Bertz CT molecular complexity index is 314. The Morgan fingerprint density at radius 1 is 1.00 bits per heavy atom. The summed E-state index contributed by atoms with van der Waals surface area (Å²) in [5.41, 5.74) is -1.54. The molecule has 0 saturated carbocycles. The van der Waals surface area contributed by atoms with E-state index in [4.69, 9.17) is 0 Å². The van der Waals surface area contributed by atoms with Gasteiger partial charge in [-0.25, -0.2) is 0 Å². The number of halogens is 4. The standard InChI is InChI=1S/C5F4N2O/c6-1-3(11-12)2(7)5(9)10-4(1)8. The fourth-order valence-corrected chi connectivity index (χ4v) is 0.556. The van der Waals surface area contributed by atoms with Gasteiger partial charge >= 0.3 is 0 Å². The molecule has 0 aliphatic heterocycles. The summed E-state index contributed by atoms with van der Waals surface area (Å²) < 4.78 is 48.8. The molecular formula is C5F4N2O. The summed E-state index contributed by atoms with van der Waals surface area (Å²) in [6, 6.07) is 0. The van der Waals surface area contributed by atoms with E-state index in [0.29, 0.717) is 0 Å². The number of hydrogen-bond donors (Lipinski definition) is 0. The third-order valence-corrected chi connectivity index (χ3v) is 1.07. The van der Waals surface area contributed by atoms with E-state index in [1.54, 1.807) is 5.18 Å². The SMILES string of the molecule is O=Nc1c(F)c(F)nc(F)c1F. The number of nitroso groups, excluding NO2 is 1. The van der Waals surface area contributed by atoms with Gasteiger partial charge in [-0.2, -0.15) is 22.5 Å². The summed E-state index contributed by atoms with van der Waals surface area (Å²) in [7, 11) is 0. The lowest BCUT2D eigenvalue weighted by Crippen LogP contribution is -1.98. The van der Waals surface area contributed by atoms with Crippen LogP contribution in [0.3, 0.4) is 0 Å². The third kappa shape index (κ3) is 1.13. The van der Waals surface area contributed by atoms with Crippen LogP contribution in [0, 0.1) is 28.4 Å². The first-order chi connectivity index (χ1) is 5.57. The largest absolute Gasteiger partial charge is 0.254 e. The van der Waals surface area contributed by atoms with Crippen LogP contribution < -0.4 is 0 Å². The molecule has 64 valence electrons. The van der Waals surface area contributed by atoms with Crippen LogP contribution in [-0.2, 0) is 0 Å². The molecule has 0 spiro atoms. The summed E-state index contributed by atoms with van der Waals surface area (Å²) in [4.78, 5) is 11.9. The zero-order chi connectivity index (χ0) is 9.30. The van der Waals surface area contributed by atoms with E-state index in [2.05, 4.69) is 4.98 Å². The molecule has 0 unspecified atom stereocenters. The lowest BCUT2D eigenvalue weighted by molar-refractivity contribution is 0.410. The molecule has 12 heavy (non-hydrogen) atoms. The molecule has 1 aromatic heterocycles. The molecule has 0 amide bonds. The summed E-state index contributed by atoms with van der Waals surface area (Å²) in [6.45, 7) is 0. The van der Waals surface area contributed by atoms with E-state index < -0.39 is 29.2 Å². The van der Waals surface area contributed by atoms with Crippen LogP contribution in [0.1, 0.15) is 0 Å². The first-order valence-corrected chi connectivity index (χ1v) is 2.61. The van der Waals surface area contributed by atoms with Gasteiger partial charge in [0.2, 0.25) is 11.6 Å². The number of rotatable bonds is 1. The number of hydrogen-bond acceptors (Lipinski definition) is 3. The fraction of sp³-hybridized carbons (Fsp3) is 0. The molecule has 0 radical (unpaired) electrons. The minimum Gasteiger partial charge on any atom is -0.199 e. The maximum Gasteiger partial charge on any atom is 0.254 e. The van der Waals surface area contributed by atoms with Crippen molar-refractivity contribution < 1.29 is 17.6 Å². The van der Waals surface area contributed by atoms with Gasteiger partial charge in [0.05, 0.1) is 0 Å². The summed E-state index contributed by atoms with van der Waals surface area (Å²) in [5.74, 6) is -7.60. The van der Waals surface area contributed by atoms with Gasteiger partial charge in [-0.15, -0.1) is 4.91 Å². The summed E-state index contributed by atoms with van der Waals surface area (Å²) in [6.07, 6.45) is 0. The minimum atomic E-state index is -1.90. The van der Waals surface area contributed by atoms with E-state index in [-0.39, 0.29) is 0 Å². The topological polar surface area (TPSA) is 42.3 Å². The van der Waals surface area contributed by atoms with Gasteiger partial charge in [-0.1, -0.05) is 0 Å². The molecule has 0 bridgehead atoms. The molecule has 0 saturated heterocycles. The fourth-order valence-electron chi connectivity index (χ4n) is 0.556. The molecular weight excluding hydrogens is 180 g/mol. The van der Waals surface area contributed by atoms with Gasteiger partial charge in [0.15, 0.2) is 5.69 Å². The first-order valence-electron chi connectivity index (χ1n) is 2.61. The molecule has 0 atom stereocenters. The molecule has 0 aliphatic carbocycles. The van der Waals surface area contributed by atoms with Gasteiger partial charge in [0.25, 0.3) is 11.9 Å². The predicted octanol–water partition coefficient (Wildman–Crippen LogP) is 2.04.